The molecular weight excluding hydrogens is 370 g/mol. The number of hydrogen-bond acceptors (Lipinski definition) is 7. The van der Waals surface area contributed by atoms with Crippen LogP contribution >= 0.6 is 0 Å². The van der Waals surface area contributed by atoms with Gasteiger partial charge in [0, 0.05) is 0 Å². The van der Waals surface area contributed by atoms with Crippen molar-refractivity contribution in [2.75, 3.05) is 14.2 Å². The van der Waals surface area contributed by atoms with Crippen molar-refractivity contribution in [2.24, 2.45) is 0 Å². The average Bonchev–Trinajstić information content (AvgIpc) is 3.47. The first-order valence-corrected chi connectivity index (χ1v) is 9.11. The highest BCUT2D eigenvalue weighted by molar-refractivity contribution is 5.39. The first-order chi connectivity index (χ1) is 14.3. The summed E-state index contributed by atoms with van der Waals surface area (Å²) in [6.07, 6.45) is 1.65. The molecule has 1 N–H and O–H groups in total. The summed E-state index contributed by atoms with van der Waals surface area (Å²) in [7, 11) is 3.28. The minimum absolute atomic E-state index is 0.261. The van der Waals surface area contributed by atoms with Crippen LogP contribution in [0.3, 0.4) is 0 Å². The van der Waals surface area contributed by atoms with E-state index in [0.717, 1.165) is 28.5 Å². The lowest BCUT2D eigenvalue weighted by molar-refractivity contribution is 0.414. The molecule has 0 fully saturated rings. The van der Waals surface area contributed by atoms with E-state index in [9.17, 15) is 0 Å². The van der Waals surface area contributed by atoms with Crippen LogP contribution in [0.4, 0.5) is 0 Å². The third-order valence-electron chi connectivity index (χ3n) is 4.58. The standard InChI is InChI=1S/C21H21N5O3/c1-27-17-9-5-15(6-10-17)20(22-14-19-4-3-13-29-19)21-23-24-25-26(21)16-7-11-18(28-2)12-8-16/h3-13,20,22H,14H2,1-2H3. The van der Waals surface area contributed by atoms with Crippen molar-refractivity contribution < 1.29 is 13.9 Å². The summed E-state index contributed by atoms with van der Waals surface area (Å²) in [5.41, 5.74) is 1.84. The van der Waals surface area contributed by atoms with Crippen LogP contribution in [-0.2, 0) is 6.54 Å². The molecule has 0 aliphatic heterocycles. The maximum absolute atomic E-state index is 5.46. The summed E-state index contributed by atoms with van der Waals surface area (Å²) in [6.45, 7) is 0.527. The molecule has 0 spiro atoms. The number of furan rings is 1. The van der Waals surface area contributed by atoms with Crippen LogP contribution in [0.25, 0.3) is 5.69 Å². The second kappa shape index (κ2) is 8.57. The van der Waals surface area contributed by atoms with Crippen LogP contribution in [0.2, 0.25) is 0 Å². The van der Waals surface area contributed by atoms with Crippen LogP contribution in [0.15, 0.2) is 71.3 Å². The van der Waals surface area contributed by atoms with Crippen LogP contribution in [0, 0.1) is 0 Å². The first kappa shape index (κ1) is 18.7. The topological polar surface area (TPSA) is 87.2 Å². The molecule has 1 atom stereocenters. The Balaban J connectivity index is 1.69. The zero-order valence-electron chi connectivity index (χ0n) is 16.1. The molecule has 0 radical (unpaired) electrons. The summed E-state index contributed by atoms with van der Waals surface area (Å²) in [6, 6.07) is 18.9. The number of rotatable bonds is 8. The maximum atomic E-state index is 5.46. The minimum Gasteiger partial charge on any atom is -0.497 e. The lowest BCUT2D eigenvalue weighted by atomic mass is 10.1. The number of methoxy groups -OCH3 is 2. The maximum Gasteiger partial charge on any atom is 0.178 e. The van der Waals surface area contributed by atoms with E-state index in [-0.39, 0.29) is 6.04 Å². The van der Waals surface area contributed by atoms with Gasteiger partial charge in [-0.15, -0.1) is 5.10 Å². The van der Waals surface area contributed by atoms with Crippen molar-refractivity contribution in [3.63, 3.8) is 0 Å². The molecule has 8 heteroatoms. The normalized spacial score (nSPS) is 11.9. The van der Waals surface area contributed by atoms with Crippen molar-refractivity contribution >= 4 is 0 Å². The Hall–Kier alpha value is -3.65. The third-order valence-corrected chi connectivity index (χ3v) is 4.58. The molecule has 0 aliphatic carbocycles. The van der Waals surface area contributed by atoms with Gasteiger partial charge in [0.15, 0.2) is 5.82 Å². The highest BCUT2D eigenvalue weighted by atomic mass is 16.5. The van der Waals surface area contributed by atoms with Crippen molar-refractivity contribution in [3.05, 3.63) is 84.1 Å². The number of benzene rings is 2. The molecule has 148 valence electrons. The third kappa shape index (κ3) is 4.12. The molecule has 2 aromatic carbocycles. The van der Waals surface area contributed by atoms with Gasteiger partial charge in [-0.25, -0.2) is 0 Å². The number of aromatic nitrogens is 4. The van der Waals surface area contributed by atoms with Gasteiger partial charge >= 0.3 is 0 Å². The van der Waals surface area contributed by atoms with E-state index < -0.39 is 0 Å². The fourth-order valence-corrected chi connectivity index (χ4v) is 3.05. The van der Waals surface area contributed by atoms with Crippen LogP contribution < -0.4 is 14.8 Å². The van der Waals surface area contributed by atoms with Crippen LogP contribution in [0.5, 0.6) is 11.5 Å². The van der Waals surface area contributed by atoms with Gasteiger partial charge in [0.1, 0.15) is 17.3 Å². The molecule has 29 heavy (non-hydrogen) atoms. The molecule has 4 aromatic rings. The lowest BCUT2D eigenvalue weighted by Crippen LogP contribution is -2.25. The van der Waals surface area contributed by atoms with E-state index in [1.54, 1.807) is 25.2 Å². The number of hydrogen-bond donors (Lipinski definition) is 1. The predicted molar refractivity (Wildman–Crippen MR) is 106 cm³/mol. The van der Waals surface area contributed by atoms with Crippen molar-refractivity contribution in [1.82, 2.24) is 25.5 Å². The molecule has 2 heterocycles. The highest BCUT2D eigenvalue weighted by Crippen LogP contribution is 2.25. The first-order valence-electron chi connectivity index (χ1n) is 9.11. The summed E-state index contributed by atoms with van der Waals surface area (Å²) in [4.78, 5) is 0. The van der Waals surface area contributed by atoms with Crippen molar-refractivity contribution in [2.45, 2.75) is 12.6 Å². The molecule has 1 unspecified atom stereocenters. The van der Waals surface area contributed by atoms with E-state index in [4.69, 9.17) is 13.9 Å². The zero-order chi connectivity index (χ0) is 20.1. The van der Waals surface area contributed by atoms with Crippen molar-refractivity contribution in [1.29, 1.82) is 0 Å². The molecule has 0 aliphatic rings. The largest absolute Gasteiger partial charge is 0.497 e. The fraction of sp³-hybridized carbons (Fsp3) is 0.190. The Kier molecular flexibility index (Phi) is 5.53. The van der Waals surface area contributed by atoms with Crippen molar-refractivity contribution in [3.8, 4) is 17.2 Å². The number of tetrazole rings is 1. The Morgan fingerprint density at radius 2 is 1.66 bits per heavy atom. The lowest BCUT2D eigenvalue weighted by Gasteiger charge is -2.18. The molecular formula is C21H21N5O3. The van der Waals surface area contributed by atoms with Gasteiger partial charge in [0.05, 0.1) is 38.8 Å². The minimum atomic E-state index is -0.261. The number of ether oxygens (including phenoxy) is 2. The van der Waals surface area contributed by atoms with Gasteiger partial charge in [0.2, 0.25) is 0 Å². The Labute approximate surface area is 168 Å². The van der Waals surface area contributed by atoms with Crippen LogP contribution in [0.1, 0.15) is 23.2 Å². The SMILES string of the molecule is COc1ccc(C(NCc2ccco2)c2nnnn2-c2ccc(OC)cc2)cc1. The van der Waals surface area contributed by atoms with Gasteiger partial charge < -0.3 is 13.9 Å². The van der Waals surface area contributed by atoms with Gasteiger partial charge in [0.25, 0.3) is 0 Å². The molecule has 2 aromatic heterocycles. The predicted octanol–water partition coefficient (Wildman–Crippen LogP) is 3.15. The molecule has 0 saturated carbocycles. The molecule has 0 bridgehead atoms. The number of nitrogens with one attached hydrogen (secondary N) is 1. The summed E-state index contributed by atoms with van der Waals surface area (Å²) in [5.74, 6) is 3.04. The van der Waals surface area contributed by atoms with Crippen LogP contribution in [-0.4, -0.2) is 34.4 Å². The number of nitrogens with zero attached hydrogens (tertiary/aromatic N) is 4. The molecule has 8 nitrogen and oxygen atoms in total. The Morgan fingerprint density at radius 3 is 2.28 bits per heavy atom. The van der Waals surface area contributed by atoms with E-state index in [1.807, 2.05) is 60.7 Å². The summed E-state index contributed by atoms with van der Waals surface area (Å²) in [5, 5.41) is 15.9. The fourth-order valence-electron chi connectivity index (χ4n) is 3.05. The second-order valence-electron chi connectivity index (χ2n) is 6.31. The average molecular weight is 391 g/mol. The quantitative estimate of drug-likeness (QED) is 0.494. The van der Waals surface area contributed by atoms with Gasteiger partial charge in [-0.3, -0.25) is 5.32 Å². The highest BCUT2D eigenvalue weighted by Gasteiger charge is 2.22. The zero-order valence-corrected chi connectivity index (χ0v) is 16.1. The molecule has 0 amide bonds. The summed E-state index contributed by atoms with van der Waals surface area (Å²) < 4.78 is 17.7. The Bertz CT molecular complexity index is 1030. The van der Waals surface area contributed by atoms with Gasteiger partial charge in [-0.2, -0.15) is 4.68 Å². The van der Waals surface area contributed by atoms with Gasteiger partial charge in [-0.1, -0.05) is 12.1 Å². The van der Waals surface area contributed by atoms with E-state index in [1.165, 1.54) is 0 Å². The summed E-state index contributed by atoms with van der Waals surface area (Å²) >= 11 is 0. The monoisotopic (exact) mass is 391 g/mol. The van der Waals surface area contributed by atoms with E-state index in [2.05, 4.69) is 20.8 Å². The second-order valence-corrected chi connectivity index (χ2v) is 6.31. The van der Waals surface area contributed by atoms with E-state index >= 15 is 0 Å². The van der Waals surface area contributed by atoms with E-state index in [0.29, 0.717) is 12.4 Å². The molecule has 0 saturated heterocycles. The Morgan fingerprint density at radius 1 is 0.966 bits per heavy atom. The smallest absolute Gasteiger partial charge is 0.178 e. The van der Waals surface area contributed by atoms with Gasteiger partial charge in [-0.05, 0) is 64.5 Å². The molecule has 4 rings (SSSR count).